The molecular weight excluding hydrogens is 296 g/mol. The third-order valence-electron chi connectivity index (χ3n) is 4.26. The highest BCUT2D eigenvalue weighted by Crippen LogP contribution is 2.26. The number of nitrogens with one attached hydrogen (secondary N) is 2. The van der Waals surface area contributed by atoms with E-state index < -0.39 is 0 Å². The zero-order valence-corrected chi connectivity index (χ0v) is 13.9. The number of amides is 2. The SMILES string of the molecule is O=C(CCNC(=O)c1ccsc1)NCCCC1CCCCC1. The highest BCUT2D eigenvalue weighted by atomic mass is 32.1. The summed E-state index contributed by atoms with van der Waals surface area (Å²) in [5.74, 6) is 0.788. The lowest BCUT2D eigenvalue weighted by Gasteiger charge is -2.21. The van der Waals surface area contributed by atoms with Crippen LogP contribution in [0, 0.1) is 5.92 Å². The van der Waals surface area contributed by atoms with Crippen molar-refractivity contribution in [2.45, 2.75) is 51.4 Å². The zero-order valence-electron chi connectivity index (χ0n) is 13.1. The second-order valence-electron chi connectivity index (χ2n) is 6.01. The van der Waals surface area contributed by atoms with Gasteiger partial charge in [-0.05, 0) is 30.2 Å². The molecule has 1 heterocycles. The van der Waals surface area contributed by atoms with E-state index in [-0.39, 0.29) is 11.8 Å². The first-order chi connectivity index (χ1) is 10.8. The van der Waals surface area contributed by atoms with E-state index in [1.165, 1.54) is 49.9 Å². The second-order valence-corrected chi connectivity index (χ2v) is 6.79. The van der Waals surface area contributed by atoms with Crippen LogP contribution in [-0.4, -0.2) is 24.9 Å². The predicted octanol–water partition coefficient (Wildman–Crippen LogP) is 3.34. The largest absolute Gasteiger partial charge is 0.356 e. The van der Waals surface area contributed by atoms with Crippen LogP contribution >= 0.6 is 11.3 Å². The molecule has 1 aromatic heterocycles. The normalized spacial score (nSPS) is 15.5. The van der Waals surface area contributed by atoms with Crippen LogP contribution < -0.4 is 10.6 Å². The van der Waals surface area contributed by atoms with Gasteiger partial charge in [0.25, 0.3) is 5.91 Å². The molecule has 2 N–H and O–H groups in total. The molecule has 5 heteroatoms. The fraction of sp³-hybridized carbons (Fsp3) is 0.647. The Morgan fingerprint density at radius 1 is 1.14 bits per heavy atom. The van der Waals surface area contributed by atoms with Crippen LogP contribution in [0.2, 0.25) is 0 Å². The van der Waals surface area contributed by atoms with Crippen LogP contribution in [0.15, 0.2) is 16.8 Å². The van der Waals surface area contributed by atoms with Crippen LogP contribution in [0.25, 0.3) is 0 Å². The van der Waals surface area contributed by atoms with E-state index in [0.29, 0.717) is 18.5 Å². The van der Waals surface area contributed by atoms with E-state index in [4.69, 9.17) is 0 Å². The molecule has 0 radical (unpaired) electrons. The summed E-state index contributed by atoms with van der Waals surface area (Å²) in [6.45, 7) is 1.15. The van der Waals surface area contributed by atoms with Gasteiger partial charge >= 0.3 is 0 Å². The minimum Gasteiger partial charge on any atom is -0.356 e. The van der Waals surface area contributed by atoms with Crippen molar-refractivity contribution < 1.29 is 9.59 Å². The first-order valence-electron chi connectivity index (χ1n) is 8.33. The highest BCUT2D eigenvalue weighted by Gasteiger charge is 2.12. The number of carbonyl (C=O) groups excluding carboxylic acids is 2. The molecule has 2 rings (SSSR count). The van der Waals surface area contributed by atoms with Gasteiger partial charge < -0.3 is 10.6 Å². The van der Waals surface area contributed by atoms with Crippen molar-refractivity contribution in [3.8, 4) is 0 Å². The molecule has 0 saturated heterocycles. The predicted molar refractivity (Wildman–Crippen MR) is 90.1 cm³/mol. The van der Waals surface area contributed by atoms with E-state index in [1.54, 1.807) is 11.4 Å². The summed E-state index contributed by atoms with van der Waals surface area (Å²) in [4.78, 5) is 23.4. The number of thiophene rings is 1. The van der Waals surface area contributed by atoms with Crippen molar-refractivity contribution >= 4 is 23.2 Å². The molecule has 1 fully saturated rings. The molecule has 0 atom stereocenters. The molecule has 1 aromatic rings. The average molecular weight is 322 g/mol. The summed E-state index contributed by atoms with van der Waals surface area (Å²) in [6.07, 6.45) is 9.52. The Morgan fingerprint density at radius 2 is 1.95 bits per heavy atom. The Balaban J connectivity index is 1.48. The summed E-state index contributed by atoms with van der Waals surface area (Å²) < 4.78 is 0. The van der Waals surface area contributed by atoms with E-state index in [2.05, 4.69) is 10.6 Å². The molecule has 0 aromatic carbocycles. The monoisotopic (exact) mass is 322 g/mol. The van der Waals surface area contributed by atoms with Gasteiger partial charge in [-0.1, -0.05) is 32.1 Å². The van der Waals surface area contributed by atoms with Crippen LogP contribution in [0.1, 0.15) is 61.7 Å². The summed E-state index contributed by atoms with van der Waals surface area (Å²) >= 11 is 1.49. The van der Waals surface area contributed by atoms with E-state index in [9.17, 15) is 9.59 Å². The average Bonchev–Trinajstić information content (AvgIpc) is 3.07. The standard InChI is InChI=1S/C17H26N2O2S/c20-16(8-11-19-17(21)15-9-12-22-13-15)18-10-4-7-14-5-2-1-3-6-14/h9,12-14H,1-8,10-11H2,(H,18,20)(H,19,21). The minimum atomic E-state index is -0.105. The maximum absolute atomic E-state index is 11.7. The summed E-state index contributed by atoms with van der Waals surface area (Å²) in [6, 6.07) is 1.78. The Kier molecular flexibility index (Phi) is 7.43. The zero-order chi connectivity index (χ0) is 15.6. The van der Waals surface area contributed by atoms with E-state index >= 15 is 0 Å². The third-order valence-corrected chi connectivity index (χ3v) is 4.94. The molecule has 0 bridgehead atoms. The van der Waals surface area contributed by atoms with Crippen molar-refractivity contribution in [2.75, 3.05) is 13.1 Å². The summed E-state index contributed by atoms with van der Waals surface area (Å²) in [5, 5.41) is 9.38. The fourth-order valence-electron chi connectivity index (χ4n) is 2.97. The Morgan fingerprint density at radius 3 is 2.68 bits per heavy atom. The highest BCUT2D eigenvalue weighted by molar-refractivity contribution is 7.08. The summed E-state index contributed by atoms with van der Waals surface area (Å²) in [5.41, 5.74) is 0.665. The van der Waals surface area contributed by atoms with Gasteiger partial charge in [0.05, 0.1) is 0 Å². The van der Waals surface area contributed by atoms with Crippen molar-refractivity contribution in [1.29, 1.82) is 0 Å². The van der Waals surface area contributed by atoms with Crippen LogP contribution in [0.4, 0.5) is 0 Å². The molecule has 0 spiro atoms. The van der Waals surface area contributed by atoms with Crippen LogP contribution in [0.3, 0.4) is 0 Å². The van der Waals surface area contributed by atoms with Crippen molar-refractivity contribution in [3.05, 3.63) is 22.4 Å². The first kappa shape index (κ1) is 17.0. The fourth-order valence-corrected chi connectivity index (χ4v) is 3.60. The molecule has 122 valence electrons. The van der Waals surface area contributed by atoms with Gasteiger partial charge in [0.2, 0.25) is 5.91 Å². The molecule has 0 aliphatic heterocycles. The molecule has 22 heavy (non-hydrogen) atoms. The van der Waals surface area contributed by atoms with Crippen molar-refractivity contribution in [3.63, 3.8) is 0 Å². The number of rotatable bonds is 8. The summed E-state index contributed by atoms with van der Waals surface area (Å²) in [7, 11) is 0. The van der Waals surface area contributed by atoms with Gasteiger partial charge in [0.15, 0.2) is 0 Å². The molecule has 4 nitrogen and oxygen atoms in total. The van der Waals surface area contributed by atoms with Crippen LogP contribution in [-0.2, 0) is 4.79 Å². The second kappa shape index (κ2) is 9.62. The van der Waals surface area contributed by atoms with Crippen molar-refractivity contribution in [2.24, 2.45) is 5.92 Å². The Bertz CT molecular complexity index is 453. The molecule has 1 aliphatic rings. The first-order valence-corrected chi connectivity index (χ1v) is 9.27. The molecule has 2 amide bonds. The smallest absolute Gasteiger partial charge is 0.252 e. The number of carbonyl (C=O) groups is 2. The third kappa shape index (κ3) is 6.18. The van der Waals surface area contributed by atoms with Crippen molar-refractivity contribution in [1.82, 2.24) is 10.6 Å². The van der Waals surface area contributed by atoms with Crippen LogP contribution in [0.5, 0.6) is 0 Å². The molecule has 1 aliphatic carbocycles. The Hall–Kier alpha value is -1.36. The Labute approximate surface area is 136 Å². The van der Waals surface area contributed by atoms with E-state index in [1.807, 2.05) is 5.38 Å². The lowest BCUT2D eigenvalue weighted by Crippen LogP contribution is -2.31. The maximum Gasteiger partial charge on any atom is 0.252 e. The van der Waals surface area contributed by atoms with Gasteiger partial charge in [0.1, 0.15) is 0 Å². The van der Waals surface area contributed by atoms with Gasteiger partial charge in [-0.25, -0.2) is 0 Å². The maximum atomic E-state index is 11.7. The van der Waals surface area contributed by atoms with Gasteiger partial charge in [-0.3, -0.25) is 9.59 Å². The topological polar surface area (TPSA) is 58.2 Å². The molecular formula is C17H26N2O2S. The molecule has 1 saturated carbocycles. The lowest BCUT2D eigenvalue weighted by atomic mass is 9.86. The van der Waals surface area contributed by atoms with E-state index in [0.717, 1.165) is 18.9 Å². The van der Waals surface area contributed by atoms with Gasteiger partial charge in [-0.15, -0.1) is 0 Å². The quantitative estimate of drug-likeness (QED) is 0.721. The number of hydrogen-bond acceptors (Lipinski definition) is 3. The lowest BCUT2D eigenvalue weighted by molar-refractivity contribution is -0.120. The molecule has 0 unspecified atom stereocenters. The van der Waals surface area contributed by atoms with Gasteiger partial charge in [-0.2, -0.15) is 11.3 Å². The van der Waals surface area contributed by atoms with Gasteiger partial charge in [0, 0.05) is 30.5 Å². The minimum absolute atomic E-state index is 0.0225. The number of hydrogen-bond donors (Lipinski definition) is 2.